The molecule has 0 unspecified atom stereocenters. The Balaban J connectivity index is 1.59. The van der Waals surface area contributed by atoms with Crippen LogP contribution in [0, 0.1) is 6.92 Å². The van der Waals surface area contributed by atoms with E-state index in [-0.39, 0.29) is 11.6 Å². The van der Waals surface area contributed by atoms with E-state index in [0.29, 0.717) is 49.9 Å². The third-order valence-corrected chi connectivity index (χ3v) is 6.91. The highest BCUT2D eigenvalue weighted by atomic mass is 16.2. The lowest BCUT2D eigenvalue weighted by Crippen LogP contribution is -2.49. The zero-order valence-electron chi connectivity index (χ0n) is 21.5. The molecule has 0 bridgehead atoms. The van der Waals surface area contributed by atoms with Crippen molar-refractivity contribution in [3.05, 3.63) is 47.8 Å². The predicted octanol–water partition coefficient (Wildman–Crippen LogP) is 1.78. The maximum Gasteiger partial charge on any atom is 0.271 e. The molecule has 36 heavy (non-hydrogen) atoms. The first-order chi connectivity index (χ1) is 17.3. The van der Waals surface area contributed by atoms with Crippen LogP contribution in [0.2, 0.25) is 0 Å². The van der Waals surface area contributed by atoms with Gasteiger partial charge in [0.2, 0.25) is 5.91 Å². The van der Waals surface area contributed by atoms with Crippen molar-refractivity contribution in [2.75, 3.05) is 74.5 Å². The molecule has 2 aliphatic rings. The van der Waals surface area contributed by atoms with Gasteiger partial charge in [0, 0.05) is 63.7 Å². The maximum absolute atomic E-state index is 12.3. The molecule has 0 atom stereocenters. The summed E-state index contributed by atoms with van der Waals surface area (Å²) in [5.41, 5.74) is 9.60. The number of nitrogens with one attached hydrogen (secondary N) is 1. The molecule has 2 saturated heterocycles. The second-order valence-electron chi connectivity index (χ2n) is 9.34. The van der Waals surface area contributed by atoms with Gasteiger partial charge in [0.05, 0.1) is 5.69 Å². The van der Waals surface area contributed by atoms with Crippen LogP contribution in [0.1, 0.15) is 28.7 Å². The van der Waals surface area contributed by atoms with Crippen molar-refractivity contribution in [3.63, 3.8) is 0 Å². The number of carbonyl (C=O) groups excluding carboxylic acids is 2. The molecule has 3 N–H and O–H groups in total. The van der Waals surface area contributed by atoms with Crippen LogP contribution in [0.4, 0.5) is 23.0 Å². The van der Waals surface area contributed by atoms with Gasteiger partial charge >= 0.3 is 0 Å². The van der Waals surface area contributed by atoms with E-state index in [1.54, 1.807) is 4.90 Å². The minimum absolute atomic E-state index is 0.0709. The number of benzene rings is 1. The Kier molecular flexibility index (Phi) is 7.73. The molecule has 1 aromatic carbocycles. The quantitative estimate of drug-likeness (QED) is 0.563. The van der Waals surface area contributed by atoms with Crippen molar-refractivity contribution in [1.82, 2.24) is 19.8 Å². The molecule has 2 aromatic rings. The number of aromatic nitrogens is 2. The number of likely N-dealkylation sites (N-methyl/N-ethyl adjacent to an activating group) is 1. The first kappa shape index (κ1) is 25.4. The normalized spacial score (nSPS) is 16.7. The van der Waals surface area contributed by atoms with Crippen molar-refractivity contribution in [3.8, 4) is 0 Å². The van der Waals surface area contributed by atoms with Crippen LogP contribution >= 0.6 is 0 Å². The molecule has 4 rings (SSSR count). The van der Waals surface area contributed by atoms with Crippen LogP contribution in [0.15, 0.2) is 30.9 Å². The highest BCUT2D eigenvalue weighted by molar-refractivity contribution is 5.96. The fourth-order valence-electron chi connectivity index (χ4n) is 4.66. The number of piperazine rings is 2. The average molecular weight is 493 g/mol. The minimum atomic E-state index is -0.626. The molecule has 10 heteroatoms. The monoisotopic (exact) mass is 492 g/mol. The number of hydrogen-bond acceptors (Lipinski definition) is 8. The number of anilines is 4. The minimum Gasteiger partial charge on any atom is -0.369 e. The van der Waals surface area contributed by atoms with Gasteiger partial charge in [-0.2, -0.15) is 0 Å². The van der Waals surface area contributed by atoms with E-state index >= 15 is 0 Å². The van der Waals surface area contributed by atoms with Gasteiger partial charge in [-0.15, -0.1) is 0 Å². The lowest BCUT2D eigenvalue weighted by atomic mass is 10.1. The van der Waals surface area contributed by atoms with Gasteiger partial charge in [0.1, 0.15) is 0 Å². The second kappa shape index (κ2) is 10.9. The molecular formula is C26H36N8O2. The van der Waals surface area contributed by atoms with E-state index in [4.69, 9.17) is 10.7 Å². The number of amides is 2. The van der Waals surface area contributed by atoms with Crippen LogP contribution in [-0.4, -0.2) is 91.0 Å². The summed E-state index contributed by atoms with van der Waals surface area (Å²) in [6.45, 7) is 14.0. The van der Waals surface area contributed by atoms with Gasteiger partial charge in [0.25, 0.3) is 5.91 Å². The summed E-state index contributed by atoms with van der Waals surface area (Å²) in [6.07, 6.45) is 1.95. The number of aryl methyl sites for hydroxylation is 2. The van der Waals surface area contributed by atoms with Gasteiger partial charge in [-0.3, -0.25) is 9.59 Å². The third kappa shape index (κ3) is 5.43. The van der Waals surface area contributed by atoms with Crippen molar-refractivity contribution in [2.45, 2.75) is 20.3 Å². The molecule has 2 fully saturated rings. The van der Waals surface area contributed by atoms with E-state index < -0.39 is 5.91 Å². The highest BCUT2D eigenvalue weighted by Gasteiger charge is 2.25. The SMILES string of the molecule is C=CC(=O)N1CCN(c2nc(Nc3ccc(N4CCN(C)CC4)cc3C)c(C(N)=O)nc2CC)CC1. The zero-order valence-corrected chi connectivity index (χ0v) is 21.5. The number of nitrogens with zero attached hydrogens (tertiary/aromatic N) is 6. The Hall–Kier alpha value is -3.66. The topological polar surface area (TPSA) is 111 Å². The van der Waals surface area contributed by atoms with Crippen LogP contribution in [0.25, 0.3) is 0 Å². The van der Waals surface area contributed by atoms with Gasteiger partial charge in [-0.25, -0.2) is 9.97 Å². The van der Waals surface area contributed by atoms with Crippen molar-refractivity contribution < 1.29 is 9.59 Å². The van der Waals surface area contributed by atoms with Crippen LogP contribution in [0.5, 0.6) is 0 Å². The molecule has 3 heterocycles. The first-order valence-corrected chi connectivity index (χ1v) is 12.5. The highest BCUT2D eigenvalue weighted by Crippen LogP contribution is 2.29. The summed E-state index contributed by atoms with van der Waals surface area (Å²) < 4.78 is 0. The molecule has 1 aromatic heterocycles. The smallest absolute Gasteiger partial charge is 0.271 e. The summed E-state index contributed by atoms with van der Waals surface area (Å²) in [7, 11) is 2.14. The standard InChI is InChI=1S/C26H36N8O2/c1-5-20-26(34-15-13-33(14-16-34)22(35)6-2)30-25(23(28-20)24(27)36)29-21-8-7-19(17-18(21)3)32-11-9-31(4)10-12-32/h6-8,17H,2,5,9-16H2,1,3-4H3,(H2,27,36)(H,29,30). The largest absolute Gasteiger partial charge is 0.369 e. The van der Waals surface area contributed by atoms with Crippen LogP contribution in [-0.2, 0) is 11.2 Å². The Morgan fingerprint density at radius 1 is 1.06 bits per heavy atom. The predicted molar refractivity (Wildman–Crippen MR) is 143 cm³/mol. The van der Waals surface area contributed by atoms with E-state index in [2.05, 4.69) is 50.8 Å². The van der Waals surface area contributed by atoms with E-state index in [0.717, 1.165) is 37.4 Å². The van der Waals surface area contributed by atoms with Crippen molar-refractivity contribution in [2.24, 2.45) is 5.73 Å². The molecule has 192 valence electrons. The van der Waals surface area contributed by atoms with Crippen molar-refractivity contribution >= 4 is 34.8 Å². The maximum atomic E-state index is 12.3. The number of nitrogens with two attached hydrogens (primary N) is 1. The van der Waals surface area contributed by atoms with Gasteiger partial charge in [-0.05, 0) is 50.2 Å². The number of carbonyl (C=O) groups is 2. The lowest BCUT2D eigenvalue weighted by Gasteiger charge is -2.35. The molecule has 0 saturated carbocycles. The fourth-order valence-corrected chi connectivity index (χ4v) is 4.66. The molecule has 10 nitrogen and oxygen atoms in total. The van der Waals surface area contributed by atoms with Crippen molar-refractivity contribution in [1.29, 1.82) is 0 Å². The Morgan fingerprint density at radius 3 is 2.31 bits per heavy atom. The summed E-state index contributed by atoms with van der Waals surface area (Å²) >= 11 is 0. The second-order valence-corrected chi connectivity index (χ2v) is 9.34. The molecule has 0 radical (unpaired) electrons. The first-order valence-electron chi connectivity index (χ1n) is 12.5. The Morgan fingerprint density at radius 2 is 1.72 bits per heavy atom. The Labute approximate surface area is 212 Å². The molecule has 0 spiro atoms. The molecule has 2 amide bonds. The average Bonchev–Trinajstić information content (AvgIpc) is 2.89. The fraction of sp³-hybridized carbons (Fsp3) is 0.462. The van der Waals surface area contributed by atoms with E-state index in [9.17, 15) is 9.59 Å². The van der Waals surface area contributed by atoms with Crippen LogP contribution < -0.4 is 20.9 Å². The number of rotatable bonds is 7. The number of primary amides is 1. The zero-order chi connectivity index (χ0) is 25.8. The van der Waals surface area contributed by atoms with E-state index in [1.807, 2.05) is 19.9 Å². The lowest BCUT2D eigenvalue weighted by molar-refractivity contribution is -0.126. The van der Waals surface area contributed by atoms with Gasteiger partial charge in [0.15, 0.2) is 17.3 Å². The van der Waals surface area contributed by atoms with Gasteiger partial charge in [-0.1, -0.05) is 13.5 Å². The van der Waals surface area contributed by atoms with E-state index in [1.165, 1.54) is 11.8 Å². The Bertz CT molecular complexity index is 1140. The third-order valence-electron chi connectivity index (χ3n) is 6.91. The van der Waals surface area contributed by atoms with Crippen LogP contribution in [0.3, 0.4) is 0 Å². The molecular weight excluding hydrogens is 456 g/mol. The number of hydrogen-bond donors (Lipinski definition) is 2. The molecule has 2 aliphatic heterocycles. The summed E-state index contributed by atoms with van der Waals surface area (Å²) in [5, 5.41) is 3.32. The summed E-state index contributed by atoms with van der Waals surface area (Å²) in [6, 6.07) is 6.26. The summed E-state index contributed by atoms with van der Waals surface area (Å²) in [5.74, 6) is 0.356. The summed E-state index contributed by atoms with van der Waals surface area (Å²) in [4.78, 5) is 42.3. The molecule has 0 aliphatic carbocycles. The van der Waals surface area contributed by atoms with Gasteiger partial charge < -0.3 is 30.7 Å².